The Morgan fingerprint density at radius 3 is 0.500 bits per heavy atom. The number of carboxylic acid groups (broad SMARTS) is 5. The molecule has 0 aliphatic heterocycles. The van der Waals surface area contributed by atoms with Gasteiger partial charge in [-0.15, -0.1) is 0 Å². The molecule has 0 fully saturated rings. The Morgan fingerprint density at radius 2 is 0.500 bits per heavy atom. The Bertz CT molecular complexity index is 102. The van der Waals surface area contributed by atoms with Gasteiger partial charge in [-0.25, -0.2) is 0 Å². The third kappa shape index (κ3) is 20500. The molecule has 0 amide bonds. The smallest absolute Gasteiger partial charge is 0.554 e. The van der Waals surface area contributed by atoms with Crippen LogP contribution in [0.1, 0.15) is 0 Å². The molecule has 0 aromatic carbocycles. The van der Waals surface area contributed by atoms with E-state index in [1.807, 2.05) is 0 Å². The van der Waals surface area contributed by atoms with Gasteiger partial charge in [-0.05, 0) is 0 Å². The zero-order chi connectivity index (χ0) is 13.5. The quantitative estimate of drug-likeness (QED) is 0.175. The van der Waals surface area contributed by atoms with Crippen molar-refractivity contribution in [3.8, 4) is 0 Å². The largest absolute Gasteiger partial charge is 2.00 e. The third-order valence-electron chi connectivity index (χ3n) is 0. The van der Waals surface area contributed by atoms with Crippen LogP contribution in [0.4, 0.5) is 0 Å². The van der Waals surface area contributed by atoms with Crippen molar-refractivity contribution in [2.24, 2.45) is 0 Å². The van der Waals surface area contributed by atoms with Crippen molar-refractivity contribution in [1.82, 2.24) is 0 Å². The molecule has 0 aromatic heterocycles. The molecule has 2 radical (unpaired) electrons. The zero-order valence-corrected chi connectivity index (χ0v) is 15.0. The van der Waals surface area contributed by atoms with Crippen molar-refractivity contribution < 1.29 is 129 Å². The zero-order valence-electron chi connectivity index (χ0n) is 9.71. The monoisotopic (exact) mass is 491 g/mol. The van der Waals surface area contributed by atoms with Crippen LogP contribution >= 0.6 is 0 Å². The first-order valence-electron chi connectivity index (χ1n) is 2.36. The van der Waals surface area contributed by atoms with E-state index in [2.05, 4.69) is 0 Å². The van der Waals surface area contributed by atoms with Gasteiger partial charge in [0.05, 0.1) is 0 Å². The van der Waals surface area contributed by atoms with Gasteiger partial charge in [0.1, 0.15) is 0 Å². The van der Waals surface area contributed by atoms with Crippen LogP contribution in [0, 0.1) is 0 Å². The van der Waals surface area contributed by atoms with Crippen LogP contribution in [0.5, 0.6) is 0 Å². The van der Waals surface area contributed by atoms with E-state index in [9.17, 15) is 0 Å². The van der Waals surface area contributed by atoms with Gasteiger partial charge in [-0.2, -0.15) is 0 Å². The average molecular weight is 491 g/mol. The molecular weight excluding hydrogens is 481 g/mol. The minimum atomic E-state index is -0.500. The molecule has 0 saturated carbocycles. The van der Waals surface area contributed by atoms with Crippen LogP contribution in [-0.2, 0) is 68.4 Å². The first kappa shape index (κ1) is 73.9. The molecule has 120 valence electrons. The molecule has 5 N–H and O–H groups in total. The van der Waals surface area contributed by atoms with Crippen molar-refractivity contribution in [1.29, 1.82) is 0 Å². The maximum Gasteiger partial charge on any atom is 2.00 e. The Kier molecular flexibility index (Phi) is 1030. The second-order valence-electron chi connectivity index (χ2n) is 0.481. The summed E-state index contributed by atoms with van der Waals surface area (Å²) in [4.78, 5) is 41.2. The van der Waals surface area contributed by atoms with Gasteiger partial charge < -0.3 is 60.5 Å². The van der Waals surface area contributed by atoms with E-state index in [1.165, 1.54) is 0 Å². The second kappa shape index (κ2) is 278. The number of hydrogen-bond donors (Lipinski definition) is 0. The third-order valence-corrected chi connectivity index (χ3v) is 0. The molecule has 0 unspecified atom stereocenters. The molecule has 0 aromatic rings. The normalized spacial score (nSPS) is 3.00. The summed E-state index contributed by atoms with van der Waals surface area (Å²) in [5.74, 6) is 0. The van der Waals surface area contributed by atoms with Crippen LogP contribution < -0.4 is 55.1 Å². The average Bonchev–Trinajstić information content (AvgIpc) is 2.09. The van der Waals surface area contributed by atoms with Crippen molar-refractivity contribution >= 4 is 32.4 Å². The number of carbonyl (C=O) groups excluding carboxylic acids is 5. The van der Waals surface area contributed by atoms with Crippen molar-refractivity contribution in [2.75, 3.05) is 0 Å². The summed E-state index contributed by atoms with van der Waals surface area (Å²) in [7, 11) is 0. The van der Waals surface area contributed by atoms with E-state index in [0.29, 0.717) is 0 Å². The van der Waals surface area contributed by atoms with E-state index in [-0.39, 0.29) is 79.5 Å². The molecular formula is C5H10NaO12Rh2+. The summed E-state index contributed by atoms with van der Waals surface area (Å²) in [6.07, 6.45) is 0. The molecule has 20 heavy (non-hydrogen) atoms. The SMILES string of the molecule is O.O=C[O-].O=C[O-].O=C[O-].O=C[O-].O=C[O-].[Na+].[OH3+].[Rh+2].[Rh+2]. The minimum Gasteiger partial charge on any atom is -0.554 e. The molecule has 0 aliphatic carbocycles. The molecule has 0 aliphatic rings. The first-order chi connectivity index (χ1) is 7.07. The fourth-order valence-electron chi connectivity index (χ4n) is 0. The molecule has 12 nitrogen and oxygen atoms in total. The fraction of sp³-hybridized carbons (Fsp3) is 0. The Labute approximate surface area is 160 Å². The summed E-state index contributed by atoms with van der Waals surface area (Å²) in [5, 5.41) is 41.2. The van der Waals surface area contributed by atoms with E-state index in [1.54, 1.807) is 0 Å². The van der Waals surface area contributed by atoms with Gasteiger partial charge in [0, 0.05) is 32.4 Å². The molecule has 0 bridgehead atoms. The van der Waals surface area contributed by atoms with E-state index in [4.69, 9.17) is 49.5 Å². The summed E-state index contributed by atoms with van der Waals surface area (Å²) in [6.45, 7) is -2.50. The fourth-order valence-corrected chi connectivity index (χ4v) is 0. The maximum atomic E-state index is 8.25. The van der Waals surface area contributed by atoms with E-state index in [0.717, 1.165) is 0 Å². The first-order valence-corrected chi connectivity index (χ1v) is 2.36. The molecule has 15 heteroatoms. The van der Waals surface area contributed by atoms with Crippen LogP contribution in [0.25, 0.3) is 0 Å². The summed E-state index contributed by atoms with van der Waals surface area (Å²) >= 11 is 0. The molecule has 0 rings (SSSR count). The molecule has 0 heterocycles. The van der Waals surface area contributed by atoms with Gasteiger partial charge >= 0.3 is 68.5 Å². The van der Waals surface area contributed by atoms with Gasteiger partial charge in [-0.1, -0.05) is 0 Å². The second-order valence-corrected chi connectivity index (χ2v) is 0.481. The summed E-state index contributed by atoms with van der Waals surface area (Å²) in [6, 6.07) is 0. The maximum absolute atomic E-state index is 8.25. The van der Waals surface area contributed by atoms with Crippen molar-refractivity contribution in [3.63, 3.8) is 0 Å². The van der Waals surface area contributed by atoms with Crippen LogP contribution in [0.3, 0.4) is 0 Å². The Morgan fingerprint density at radius 1 is 0.500 bits per heavy atom. The number of rotatable bonds is 0. The number of carbonyl (C=O) groups is 5. The van der Waals surface area contributed by atoms with Gasteiger partial charge in [0.2, 0.25) is 0 Å². The standard InChI is InChI=1S/5CH2O2.Na.2H2O.2Rh/c5*2-1-3;;;;;/h5*1H,(H,2,3);;2*1H2;;/q;;;;;+1;;;2*+2/p-4. The van der Waals surface area contributed by atoms with Crippen molar-refractivity contribution in [2.45, 2.75) is 0 Å². The molecule has 0 atom stereocenters. The number of hydrogen-bond acceptors (Lipinski definition) is 10. The predicted molar refractivity (Wildman–Crippen MR) is 38.8 cm³/mol. The topological polar surface area (TPSA) is 265 Å². The minimum absolute atomic E-state index is 0. The predicted octanol–water partition coefficient (Wildman–Crippen LogP) is -12.9. The van der Waals surface area contributed by atoms with Crippen molar-refractivity contribution in [3.05, 3.63) is 0 Å². The van der Waals surface area contributed by atoms with Gasteiger partial charge in [0.25, 0.3) is 0 Å². The van der Waals surface area contributed by atoms with Crippen LogP contribution in [0.15, 0.2) is 0 Å². The molecule has 0 saturated heterocycles. The summed E-state index contributed by atoms with van der Waals surface area (Å²) < 4.78 is 0. The Hall–Kier alpha value is -0.483. The van der Waals surface area contributed by atoms with Gasteiger partial charge in [0.15, 0.2) is 0 Å². The van der Waals surface area contributed by atoms with Crippen LogP contribution in [-0.4, -0.2) is 37.8 Å². The summed E-state index contributed by atoms with van der Waals surface area (Å²) in [5.41, 5.74) is 0. The van der Waals surface area contributed by atoms with Gasteiger partial charge in [-0.3, -0.25) is 0 Å². The Balaban J connectivity index is -0.00000000735. The van der Waals surface area contributed by atoms with E-state index < -0.39 is 32.4 Å². The molecule has 0 spiro atoms. The van der Waals surface area contributed by atoms with Crippen LogP contribution in [0.2, 0.25) is 0 Å². The van der Waals surface area contributed by atoms with E-state index >= 15 is 0 Å².